The van der Waals surface area contributed by atoms with Crippen LogP contribution in [0.5, 0.6) is 5.75 Å². The predicted molar refractivity (Wildman–Crippen MR) is 144 cm³/mol. The van der Waals surface area contributed by atoms with Crippen molar-refractivity contribution in [1.29, 1.82) is 0 Å². The number of rotatable bonds is 6. The molecule has 4 aliphatic rings. The van der Waals surface area contributed by atoms with Crippen LogP contribution in [0.4, 0.5) is 4.39 Å². The van der Waals surface area contributed by atoms with Gasteiger partial charge in [-0.25, -0.2) is 4.39 Å². The molecule has 3 saturated carbocycles. The van der Waals surface area contributed by atoms with E-state index >= 15 is 4.39 Å². The minimum atomic E-state index is -2.80. The number of carbonyl (C=O) groups is 5. The largest absolute Gasteiger partial charge is 0.507 e. The maximum atomic E-state index is 16.1. The van der Waals surface area contributed by atoms with Gasteiger partial charge in [-0.15, -0.1) is 0 Å². The first-order valence-corrected chi connectivity index (χ1v) is 14.1. The maximum absolute atomic E-state index is 16.1. The molecule has 4 aliphatic carbocycles. The molecule has 0 heterocycles. The minimum Gasteiger partial charge on any atom is -0.507 e. The van der Waals surface area contributed by atoms with E-state index in [1.807, 2.05) is 0 Å². The summed E-state index contributed by atoms with van der Waals surface area (Å²) in [7, 11) is 3.03. The number of hydrogen-bond acceptors (Lipinski definition) is 9. The molecular weight excluding hydrogens is 533 g/mol. The third-order valence-corrected chi connectivity index (χ3v) is 9.18. The second kappa shape index (κ2) is 9.78. The molecule has 6 atom stereocenters. The van der Waals surface area contributed by atoms with Gasteiger partial charge in [0, 0.05) is 36.2 Å². The Morgan fingerprint density at radius 2 is 1.78 bits per heavy atom. The van der Waals surface area contributed by atoms with E-state index in [9.17, 15) is 34.2 Å². The predicted octanol–water partition coefficient (Wildman–Crippen LogP) is 1.02. The van der Waals surface area contributed by atoms with Gasteiger partial charge in [0.05, 0.1) is 17.5 Å². The van der Waals surface area contributed by atoms with Crippen LogP contribution in [0.1, 0.15) is 61.5 Å². The SMILES string of the molecule is CN(C)[C@@H]1C(=O)C(C(N)=O)C(=O)[C@@]2(O)C(=O)C3C(=O)c4c(O)cc(CN(CC(C)(C)C)C5CC5)c(F)c4C[C@H]3C[C@@H]12. The van der Waals surface area contributed by atoms with Crippen LogP contribution in [-0.4, -0.2) is 87.4 Å². The van der Waals surface area contributed by atoms with Gasteiger partial charge < -0.3 is 15.9 Å². The second-order valence-corrected chi connectivity index (χ2v) is 13.7. The number of fused-ring (bicyclic) bond motifs is 3. The molecule has 4 N–H and O–H groups in total. The fraction of sp³-hybridized carbons (Fsp3) is 0.633. The Balaban J connectivity index is 1.55. The van der Waals surface area contributed by atoms with Crippen molar-refractivity contribution in [2.75, 3.05) is 20.6 Å². The number of aromatic hydroxyl groups is 1. The fourth-order valence-corrected chi connectivity index (χ4v) is 7.40. The molecule has 41 heavy (non-hydrogen) atoms. The van der Waals surface area contributed by atoms with Crippen molar-refractivity contribution in [3.05, 3.63) is 28.6 Å². The van der Waals surface area contributed by atoms with E-state index in [2.05, 4.69) is 25.7 Å². The van der Waals surface area contributed by atoms with Crippen molar-refractivity contribution in [2.45, 2.75) is 70.7 Å². The Labute approximate surface area is 238 Å². The van der Waals surface area contributed by atoms with Crippen LogP contribution < -0.4 is 5.73 Å². The zero-order valence-electron chi connectivity index (χ0n) is 24.1. The number of primary amides is 1. The average Bonchev–Trinajstić information content (AvgIpc) is 3.68. The number of amides is 1. The Morgan fingerprint density at radius 3 is 2.32 bits per heavy atom. The number of Topliss-reactive ketones (excluding diaryl/α,β-unsaturated/α-hetero) is 4. The first-order valence-electron chi connectivity index (χ1n) is 14.1. The molecule has 1 amide bonds. The highest BCUT2D eigenvalue weighted by Crippen LogP contribution is 2.51. The molecule has 2 unspecified atom stereocenters. The summed E-state index contributed by atoms with van der Waals surface area (Å²) in [6.45, 7) is 7.25. The Morgan fingerprint density at radius 1 is 1.15 bits per heavy atom. The maximum Gasteiger partial charge on any atom is 0.235 e. The Kier molecular flexibility index (Phi) is 7.03. The number of nitrogens with two attached hydrogens (primary N) is 1. The molecule has 0 aromatic heterocycles. The van der Waals surface area contributed by atoms with Crippen LogP contribution in [0.2, 0.25) is 0 Å². The third kappa shape index (κ3) is 4.62. The van der Waals surface area contributed by atoms with Crippen LogP contribution >= 0.6 is 0 Å². The van der Waals surface area contributed by atoms with Crippen molar-refractivity contribution in [2.24, 2.45) is 34.8 Å². The summed E-state index contributed by atoms with van der Waals surface area (Å²) < 4.78 is 16.1. The third-order valence-electron chi connectivity index (χ3n) is 9.18. The summed E-state index contributed by atoms with van der Waals surface area (Å²) in [6.07, 6.45) is 1.79. The fourth-order valence-electron chi connectivity index (χ4n) is 7.40. The van der Waals surface area contributed by atoms with Gasteiger partial charge in [-0.2, -0.15) is 0 Å². The molecule has 10 nitrogen and oxygen atoms in total. The monoisotopic (exact) mass is 571 g/mol. The molecule has 11 heteroatoms. The molecule has 5 rings (SSSR count). The zero-order valence-corrected chi connectivity index (χ0v) is 24.1. The van der Waals surface area contributed by atoms with Gasteiger partial charge in [0.2, 0.25) is 5.91 Å². The van der Waals surface area contributed by atoms with Gasteiger partial charge >= 0.3 is 0 Å². The van der Waals surface area contributed by atoms with Crippen molar-refractivity contribution in [3.63, 3.8) is 0 Å². The van der Waals surface area contributed by atoms with Crippen LogP contribution in [0, 0.1) is 34.9 Å². The molecule has 1 aromatic rings. The summed E-state index contributed by atoms with van der Waals surface area (Å²) in [5.74, 6) is -12.2. The lowest BCUT2D eigenvalue weighted by molar-refractivity contribution is -0.181. The van der Waals surface area contributed by atoms with E-state index in [0.29, 0.717) is 12.6 Å². The number of hydrogen-bond donors (Lipinski definition) is 3. The number of benzene rings is 1. The van der Waals surface area contributed by atoms with E-state index in [1.165, 1.54) is 25.1 Å². The molecule has 0 bridgehead atoms. The lowest BCUT2D eigenvalue weighted by Gasteiger charge is -2.52. The minimum absolute atomic E-state index is 0.000809. The Bertz CT molecular complexity index is 1360. The van der Waals surface area contributed by atoms with Gasteiger partial charge in [-0.1, -0.05) is 20.8 Å². The van der Waals surface area contributed by atoms with Gasteiger partial charge in [0.25, 0.3) is 0 Å². The standard InChI is InChI=1S/C30H38FN3O7/c1-29(2,3)12-34(15-6-7-15)11-14-10-18(35)20-16(22(14)31)8-13-9-17-23(33(4)5)25(37)21(28(32)40)27(39)30(17,41)26(38)19(13)24(20)36/h10,13,15,17,19,21,23,35,41H,6-9,11-12H2,1-5H3,(H2,32,40)/t13-,17-,19?,21?,23-,30-/m0/s1. The van der Waals surface area contributed by atoms with Gasteiger partial charge in [-0.3, -0.25) is 33.8 Å². The van der Waals surface area contributed by atoms with E-state index in [-0.39, 0.29) is 41.5 Å². The van der Waals surface area contributed by atoms with Crippen molar-refractivity contribution >= 4 is 29.0 Å². The van der Waals surface area contributed by atoms with Crippen molar-refractivity contribution in [3.8, 4) is 5.75 Å². The molecule has 1 aromatic carbocycles. The first-order chi connectivity index (χ1) is 19.0. The number of ketones is 4. The van der Waals surface area contributed by atoms with Crippen molar-refractivity contribution in [1.82, 2.24) is 9.80 Å². The normalized spacial score (nSPS) is 31.8. The Hall–Kier alpha value is -3.02. The van der Waals surface area contributed by atoms with Crippen LogP contribution in [0.15, 0.2) is 6.07 Å². The molecule has 0 spiro atoms. The number of aliphatic hydroxyl groups is 1. The number of phenols is 1. The second-order valence-electron chi connectivity index (χ2n) is 13.7. The van der Waals surface area contributed by atoms with Crippen LogP contribution in [-0.2, 0) is 32.1 Å². The van der Waals surface area contributed by atoms with Crippen molar-refractivity contribution < 1.29 is 38.6 Å². The zero-order chi connectivity index (χ0) is 30.3. The molecule has 0 aliphatic heterocycles. The number of phenolic OH excluding ortho intramolecular Hbond substituents is 1. The molecule has 0 saturated heterocycles. The van der Waals surface area contributed by atoms with Gasteiger partial charge in [-0.05, 0) is 57.2 Å². The molecule has 222 valence electrons. The molecule has 3 fully saturated rings. The number of likely N-dealkylation sites (N-methyl/N-ethyl adjacent to an activating group) is 1. The summed E-state index contributed by atoms with van der Waals surface area (Å²) in [4.78, 5) is 69.8. The smallest absolute Gasteiger partial charge is 0.235 e. The summed E-state index contributed by atoms with van der Waals surface area (Å²) in [6, 6.07) is 0.343. The number of halogens is 1. The number of nitrogens with zero attached hydrogens (tertiary/aromatic N) is 2. The summed E-state index contributed by atoms with van der Waals surface area (Å²) in [5, 5.41) is 22.6. The van der Waals surface area contributed by atoms with Crippen LogP contribution in [0.3, 0.4) is 0 Å². The summed E-state index contributed by atoms with van der Waals surface area (Å²) >= 11 is 0. The summed E-state index contributed by atoms with van der Waals surface area (Å²) in [5.41, 5.74) is 2.42. The van der Waals surface area contributed by atoms with Gasteiger partial charge in [0.1, 0.15) is 11.6 Å². The highest BCUT2D eigenvalue weighted by atomic mass is 19.1. The van der Waals surface area contributed by atoms with E-state index < -0.39 is 75.9 Å². The van der Waals surface area contributed by atoms with E-state index in [1.54, 1.807) is 0 Å². The number of carbonyl (C=O) groups excluding carboxylic acids is 5. The highest BCUT2D eigenvalue weighted by molar-refractivity contribution is 6.32. The lowest BCUT2D eigenvalue weighted by atomic mass is 9.52. The van der Waals surface area contributed by atoms with E-state index in [0.717, 1.165) is 12.8 Å². The molecular formula is C30H38FN3O7. The quantitative estimate of drug-likeness (QED) is 0.424. The molecule has 0 radical (unpaired) electrons. The topological polar surface area (TPSA) is 158 Å². The van der Waals surface area contributed by atoms with Crippen LogP contribution in [0.25, 0.3) is 0 Å². The highest BCUT2D eigenvalue weighted by Gasteiger charge is 2.69. The van der Waals surface area contributed by atoms with Gasteiger partial charge in [0.15, 0.2) is 34.7 Å². The average molecular weight is 572 g/mol. The first kappa shape index (κ1) is 29.5. The lowest BCUT2D eigenvalue weighted by Crippen LogP contribution is -2.74. The van der Waals surface area contributed by atoms with E-state index in [4.69, 9.17) is 5.73 Å².